The molecular weight excluding hydrogens is 266 g/mol. The van der Waals surface area contributed by atoms with Crippen LogP contribution in [0.2, 0.25) is 5.15 Å². The normalized spacial score (nSPS) is 12.9. The molecular formula is C13H16ClN3O2. The molecule has 1 amide bonds. The fourth-order valence-electron chi connectivity index (χ4n) is 1.69. The number of halogens is 1. The number of aliphatic hydroxyl groups excluding tert-OH is 1. The van der Waals surface area contributed by atoms with E-state index in [0.29, 0.717) is 5.65 Å². The van der Waals surface area contributed by atoms with Gasteiger partial charge in [0.15, 0.2) is 10.8 Å². The van der Waals surface area contributed by atoms with E-state index in [1.807, 2.05) is 19.9 Å². The molecule has 1 atom stereocenters. The average Bonchev–Trinajstić information content (AvgIpc) is 2.71. The van der Waals surface area contributed by atoms with Gasteiger partial charge in [-0.3, -0.25) is 9.20 Å². The van der Waals surface area contributed by atoms with E-state index in [1.54, 1.807) is 22.7 Å². The number of fused-ring (bicyclic) bond motifs is 1. The minimum absolute atomic E-state index is 0.0814. The van der Waals surface area contributed by atoms with Gasteiger partial charge in [-0.1, -0.05) is 31.5 Å². The van der Waals surface area contributed by atoms with E-state index in [1.165, 1.54) is 0 Å². The Kier molecular flexibility index (Phi) is 4.07. The molecule has 1 unspecified atom stereocenters. The van der Waals surface area contributed by atoms with Crippen molar-refractivity contribution in [2.45, 2.75) is 20.0 Å². The van der Waals surface area contributed by atoms with Crippen molar-refractivity contribution in [2.24, 2.45) is 5.92 Å². The molecule has 0 aliphatic rings. The fraction of sp³-hybridized carbons (Fsp3) is 0.385. The van der Waals surface area contributed by atoms with Crippen LogP contribution >= 0.6 is 11.6 Å². The molecule has 19 heavy (non-hydrogen) atoms. The van der Waals surface area contributed by atoms with Crippen molar-refractivity contribution in [1.82, 2.24) is 14.7 Å². The molecule has 0 radical (unpaired) electrons. The summed E-state index contributed by atoms with van der Waals surface area (Å²) in [6, 6.07) is 5.39. The van der Waals surface area contributed by atoms with Crippen molar-refractivity contribution >= 4 is 23.2 Å². The van der Waals surface area contributed by atoms with E-state index >= 15 is 0 Å². The molecule has 0 saturated carbocycles. The number of aromatic nitrogens is 2. The van der Waals surface area contributed by atoms with Gasteiger partial charge in [-0.15, -0.1) is 0 Å². The Hall–Kier alpha value is -1.59. The zero-order valence-corrected chi connectivity index (χ0v) is 11.6. The highest BCUT2D eigenvalue weighted by Gasteiger charge is 2.19. The van der Waals surface area contributed by atoms with Crippen LogP contribution in [0.4, 0.5) is 0 Å². The van der Waals surface area contributed by atoms with Crippen LogP contribution in [-0.4, -0.2) is 33.0 Å². The number of hydrogen-bond donors (Lipinski definition) is 2. The lowest BCUT2D eigenvalue weighted by molar-refractivity contribution is 0.0866. The molecule has 5 nitrogen and oxygen atoms in total. The molecule has 102 valence electrons. The Morgan fingerprint density at radius 3 is 2.95 bits per heavy atom. The van der Waals surface area contributed by atoms with E-state index < -0.39 is 6.10 Å². The minimum atomic E-state index is -0.582. The second-order valence-corrected chi connectivity index (χ2v) is 5.06. The van der Waals surface area contributed by atoms with Gasteiger partial charge in [-0.25, -0.2) is 4.98 Å². The van der Waals surface area contributed by atoms with Crippen LogP contribution in [0.3, 0.4) is 0 Å². The summed E-state index contributed by atoms with van der Waals surface area (Å²) in [5.41, 5.74) is 0.898. The highest BCUT2D eigenvalue weighted by molar-refractivity contribution is 6.32. The molecule has 0 bridgehead atoms. The summed E-state index contributed by atoms with van der Waals surface area (Å²) in [7, 11) is 0. The number of hydrogen-bond acceptors (Lipinski definition) is 3. The van der Waals surface area contributed by atoms with E-state index in [0.717, 1.165) is 0 Å². The van der Waals surface area contributed by atoms with Crippen LogP contribution < -0.4 is 5.32 Å². The molecule has 0 aromatic carbocycles. The molecule has 0 spiro atoms. The number of nitrogens with one attached hydrogen (secondary N) is 1. The summed E-state index contributed by atoms with van der Waals surface area (Å²) in [5, 5.41) is 12.5. The predicted octanol–water partition coefficient (Wildman–Crippen LogP) is 1.73. The Morgan fingerprint density at radius 2 is 2.26 bits per heavy atom. The van der Waals surface area contributed by atoms with Gasteiger partial charge in [0.25, 0.3) is 5.91 Å². The van der Waals surface area contributed by atoms with E-state index in [-0.39, 0.29) is 29.2 Å². The van der Waals surface area contributed by atoms with Crippen molar-refractivity contribution in [3.05, 3.63) is 35.2 Å². The molecule has 2 rings (SSSR count). The van der Waals surface area contributed by atoms with Crippen LogP contribution in [0, 0.1) is 5.92 Å². The highest BCUT2D eigenvalue weighted by atomic mass is 35.5. The lowest BCUT2D eigenvalue weighted by Crippen LogP contribution is -2.35. The first-order valence-electron chi connectivity index (χ1n) is 6.09. The zero-order chi connectivity index (χ0) is 14.0. The smallest absolute Gasteiger partial charge is 0.271 e. The number of nitrogens with zero attached hydrogens (tertiary/aromatic N) is 2. The van der Waals surface area contributed by atoms with Crippen molar-refractivity contribution in [1.29, 1.82) is 0 Å². The summed E-state index contributed by atoms with van der Waals surface area (Å²) >= 11 is 5.99. The minimum Gasteiger partial charge on any atom is -0.391 e. The van der Waals surface area contributed by atoms with Crippen molar-refractivity contribution in [3.8, 4) is 0 Å². The van der Waals surface area contributed by atoms with Crippen LogP contribution in [0.25, 0.3) is 5.65 Å². The van der Waals surface area contributed by atoms with Crippen molar-refractivity contribution in [3.63, 3.8) is 0 Å². The standard InChI is InChI=1S/C13H16ClN3O2/c1-8(2)9(18)7-15-13(19)11-12(14)16-10-5-3-4-6-17(10)11/h3-6,8-9,18H,7H2,1-2H3,(H,15,19). The van der Waals surface area contributed by atoms with Crippen molar-refractivity contribution in [2.75, 3.05) is 6.54 Å². The van der Waals surface area contributed by atoms with Crippen LogP contribution in [0.5, 0.6) is 0 Å². The van der Waals surface area contributed by atoms with Gasteiger partial charge in [0.05, 0.1) is 6.10 Å². The highest BCUT2D eigenvalue weighted by Crippen LogP contribution is 2.17. The molecule has 2 heterocycles. The maximum absolute atomic E-state index is 12.1. The SMILES string of the molecule is CC(C)C(O)CNC(=O)c1c(Cl)nc2ccccn12. The molecule has 2 aromatic heterocycles. The molecule has 2 N–H and O–H groups in total. The third-order valence-electron chi connectivity index (χ3n) is 2.94. The maximum atomic E-state index is 12.1. The first kappa shape index (κ1) is 13.8. The molecule has 0 aliphatic carbocycles. The average molecular weight is 282 g/mol. The topological polar surface area (TPSA) is 66.6 Å². The fourth-order valence-corrected chi connectivity index (χ4v) is 1.95. The first-order chi connectivity index (χ1) is 9.00. The Balaban J connectivity index is 2.20. The summed E-state index contributed by atoms with van der Waals surface area (Å²) in [4.78, 5) is 16.2. The lowest BCUT2D eigenvalue weighted by Gasteiger charge is -2.14. The van der Waals surface area contributed by atoms with Crippen LogP contribution in [0.15, 0.2) is 24.4 Å². The molecule has 6 heteroatoms. The second-order valence-electron chi connectivity index (χ2n) is 4.70. The first-order valence-corrected chi connectivity index (χ1v) is 6.47. The number of carbonyl (C=O) groups excluding carboxylic acids is 1. The van der Waals surface area contributed by atoms with Gasteiger partial charge < -0.3 is 10.4 Å². The number of amides is 1. The van der Waals surface area contributed by atoms with Gasteiger partial charge in [0.2, 0.25) is 0 Å². The number of imidazole rings is 1. The second kappa shape index (κ2) is 5.59. The summed E-state index contributed by atoms with van der Waals surface area (Å²) < 4.78 is 1.62. The lowest BCUT2D eigenvalue weighted by atomic mass is 10.1. The third-order valence-corrected chi connectivity index (χ3v) is 3.21. The Morgan fingerprint density at radius 1 is 1.53 bits per heavy atom. The van der Waals surface area contributed by atoms with Crippen LogP contribution in [-0.2, 0) is 0 Å². The Bertz CT molecular complexity index is 595. The monoisotopic (exact) mass is 281 g/mol. The maximum Gasteiger partial charge on any atom is 0.271 e. The van der Waals surface area contributed by atoms with Gasteiger partial charge in [-0.05, 0) is 18.1 Å². The predicted molar refractivity (Wildman–Crippen MR) is 73.4 cm³/mol. The van der Waals surface area contributed by atoms with Gasteiger partial charge in [-0.2, -0.15) is 0 Å². The summed E-state index contributed by atoms with van der Waals surface area (Å²) in [6.07, 6.45) is 1.14. The van der Waals surface area contributed by atoms with Crippen LogP contribution in [0.1, 0.15) is 24.3 Å². The van der Waals surface area contributed by atoms with Crippen molar-refractivity contribution < 1.29 is 9.90 Å². The van der Waals surface area contributed by atoms with E-state index in [4.69, 9.17) is 11.6 Å². The number of rotatable bonds is 4. The summed E-state index contributed by atoms with van der Waals surface area (Å²) in [6.45, 7) is 3.96. The summed E-state index contributed by atoms with van der Waals surface area (Å²) in [5.74, 6) is -0.263. The quantitative estimate of drug-likeness (QED) is 0.897. The Labute approximate surface area is 116 Å². The number of pyridine rings is 1. The van der Waals surface area contributed by atoms with E-state index in [9.17, 15) is 9.90 Å². The molecule has 0 aliphatic heterocycles. The van der Waals surface area contributed by atoms with Gasteiger partial charge in [0.1, 0.15) is 5.65 Å². The molecule has 2 aromatic rings. The zero-order valence-electron chi connectivity index (χ0n) is 10.8. The molecule has 0 saturated heterocycles. The van der Waals surface area contributed by atoms with Gasteiger partial charge in [0, 0.05) is 12.7 Å². The van der Waals surface area contributed by atoms with Gasteiger partial charge >= 0.3 is 0 Å². The third kappa shape index (κ3) is 2.88. The molecule has 0 fully saturated rings. The largest absolute Gasteiger partial charge is 0.391 e. The van der Waals surface area contributed by atoms with E-state index in [2.05, 4.69) is 10.3 Å². The number of carbonyl (C=O) groups is 1. The number of aliphatic hydroxyl groups is 1.